The normalized spacial score (nSPS) is 10.9. The van der Waals surface area contributed by atoms with E-state index in [4.69, 9.17) is 0 Å². The third-order valence-corrected chi connectivity index (χ3v) is 2.62. The first-order valence-electron chi connectivity index (χ1n) is 5.17. The molecule has 84 valence electrons. The Kier molecular flexibility index (Phi) is 2.08. The van der Waals surface area contributed by atoms with Crippen LogP contribution in [0.5, 0.6) is 5.75 Å². The molecule has 0 unspecified atom stereocenters. The van der Waals surface area contributed by atoms with Gasteiger partial charge in [0.15, 0.2) is 0 Å². The van der Waals surface area contributed by atoms with E-state index in [1.807, 2.05) is 0 Å². The van der Waals surface area contributed by atoms with Crippen molar-refractivity contribution in [3.63, 3.8) is 0 Å². The molecular weight excluding hydrogens is 219 g/mol. The number of hydrogen-bond acceptors (Lipinski definition) is 2. The van der Waals surface area contributed by atoms with E-state index in [0.717, 1.165) is 5.39 Å². The molecule has 0 fully saturated rings. The van der Waals surface area contributed by atoms with E-state index in [2.05, 4.69) is 5.10 Å². The Balaban J connectivity index is 2.31. The van der Waals surface area contributed by atoms with Crippen molar-refractivity contribution in [2.45, 2.75) is 0 Å². The van der Waals surface area contributed by atoms with Gasteiger partial charge in [0.1, 0.15) is 17.1 Å². The van der Waals surface area contributed by atoms with E-state index >= 15 is 0 Å². The Labute approximate surface area is 96.7 Å². The van der Waals surface area contributed by atoms with Crippen molar-refractivity contribution in [3.8, 4) is 11.4 Å². The summed E-state index contributed by atoms with van der Waals surface area (Å²) in [5, 5.41) is 14.3. The van der Waals surface area contributed by atoms with Crippen LogP contribution in [0.3, 0.4) is 0 Å². The van der Waals surface area contributed by atoms with Gasteiger partial charge in [0, 0.05) is 11.5 Å². The third kappa shape index (κ3) is 1.54. The molecule has 0 aliphatic rings. The van der Waals surface area contributed by atoms with Gasteiger partial charge in [-0.1, -0.05) is 18.2 Å². The molecule has 2 aromatic carbocycles. The summed E-state index contributed by atoms with van der Waals surface area (Å²) in [6.07, 6.45) is 1.60. The smallest absolute Gasteiger partial charge is 0.149 e. The molecule has 0 radical (unpaired) electrons. The first kappa shape index (κ1) is 9.84. The summed E-state index contributed by atoms with van der Waals surface area (Å²) in [5.74, 6) is -0.203. The van der Waals surface area contributed by atoms with Crippen molar-refractivity contribution < 1.29 is 9.50 Å². The maximum atomic E-state index is 13.7. The lowest BCUT2D eigenvalue weighted by molar-refractivity contribution is 0.475. The van der Waals surface area contributed by atoms with E-state index in [1.54, 1.807) is 42.6 Å². The fourth-order valence-electron chi connectivity index (χ4n) is 1.86. The minimum absolute atomic E-state index is 0.127. The molecule has 3 aromatic rings. The summed E-state index contributed by atoms with van der Waals surface area (Å²) in [6.45, 7) is 0. The number of benzene rings is 2. The Morgan fingerprint density at radius 2 is 1.94 bits per heavy atom. The average Bonchev–Trinajstić information content (AvgIpc) is 2.74. The minimum Gasteiger partial charge on any atom is -0.508 e. The van der Waals surface area contributed by atoms with Crippen LogP contribution in [-0.4, -0.2) is 14.9 Å². The summed E-state index contributed by atoms with van der Waals surface area (Å²) in [7, 11) is 0. The van der Waals surface area contributed by atoms with Crippen LogP contribution in [0.15, 0.2) is 48.7 Å². The number of fused-ring (bicyclic) bond motifs is 1. The Morgan fingerprint density at radius 3 is 2.76 bits per heavy atom. The average molecular weight is 228 g/mol. The largest absolute Gasteiger partial charge is 0.508 e. The second-order valence-corrected chi connectivity index (χ2v) is 3.75. The number of phenols is 1. The number of aromatic nitrogens is 2. The molecule has 0 spiro atoms. The molecule has 0 atom stereocenters. The van der Waals surface area contributed by atoms with Gasteiger partial charge in [0.05, 0.1) is 11.9 Å². The van der Waals surface area contributed by atoms with Gasteiger partial charge >= 0.3 is 0 Å². The van der Waals surface area contributed by atoms with Gasteiger partial charge in [-0.25, -0.2) is 9.07 Å². The zero-order valence-electron chi connectivity index (χ0n) is 8.84. The highest BCUT2D eigenvalue weighted by atomic mass is 19.1. The minimum atomic E-state index is -0.330. The van der Waals surface area contributed by atoms with Crippen LogP contribution in [-0.2, 0) is 0 Å². The second-order valence-electron chi connectivity index (χ2n) is 3.75. The molecule has 1 aromatic heterocycles. The van der Waals surface area contributed by atoms with Gasteiger partial charge in [-0.3, -0.25) is 0 Å². The molecule has 0 saturated heterocycles. The second kappa shape index (κ2) is 3.59. The van der Waals surface area contributed by atoms with Crippen molar-refractivity contribution in [2.75, 3.05) is 0 Å². The highest BCUT2D eigenvalue weighted by Crippen LogP contribution is 2.22. The molecule has 0 aliphatic heterocycles. The summed E-state index contributed by atoms with van der Waals surface area (Å²) in [5.41, 5.74) is 1.04. The first-order chi connectivity index (χ1) is 8.25. The maximum Gasteiger partial charge on any atom is 0.149 e. The fraction of sp³-hybridized carbons (Fsp3) is 0. The van der Waals surface area contributed by atoms with Crippen molar-refractivity contribution in [1.29, 1.82) is 0 Å². The van der Waals surface area contributed by atoms with Crippen LogP contribution in [0.25, 0.3) is 16.6 Å². The van der Waals surface area contributed by atoms with E-state index in [9.17, 15) is 9.50 Å². The number of phenolic OH excluding ortho intramolecular Hbond substituents is 1. The summed E-state index contributed by atoms with van der Waals surface area (Å²) in [6, 6.07) is 11.4. The Morgan fingerprint density at radius 1 is 1.12 bits per heavy atom. The van der Waals surface area contributed by atoms with Crippen molar-refractivity contribution in [2.24, 2.45) is 0 Å². The van der Waals surface area contributed by atoms with Crippen molar-refractivity contribution in [1.82, 2.24) is 9.78 Å². The maximum absolute atomic E-state index is 13.7. The lowest BCUT2D eigenvalue weighted by Gasteiger charge is -2.04. The lowest BCUT2D eigenvalue weighted by Crippen LogP contribution is -1.97. The van der Waals surface area contributed by atoms with E-state index in [0.29, 0.717) is 11.2 Å². The molecule has 0 amide bonds. The molecule has 0 saturated carbocycles. The number of halogens is 1. The summed E-state index contributed by atoms with van der Waals surface area (Å²) < 4.78 is 15.2. The molecule has 0 bridgehead atoms. The van der Waals surface area contributed by atoms with Crippen LogP contribution >= 0.6 is 0 Å². The van der Waals surface area contributed by atoms with Crippen LogP contribution in [0.2, 0.25) is 0 Å². The standard InChI is InChI=1S/C13H9FN2O/c14-12-6-1-3-9-8-15-16(13(9)12)10-4-2-5-11(17)7-10/h1-8,17H. The predicted molar refractivity (Wildman–Crippen MR) is 62.7 cm³/mol. The lowest BCUT2D eigenvalue weighted by atomic mass is 10.2. The molecule has 3 rings (SSSR count). The number of rotatable bonds is 1. The van der Waals surface area contributed by atoms with E-state index in [1.165, 1.54) is 10.7 Å². The van der Waals surface area contributed by atoms with Crippen LogP contribution in [0.4, 0.5) is 4.39 Å². The number of para-hydroxylation sites is 1. The van der Waals surface area contributed by atoms with Gasteiger partial charge in [-0.2, -0.15) is 5.10 Å². The molecule has 1 N–H and O–H groups in total. The van der Waals surface area contributed by atoms with Gasteiger partial charge in [0.2, 0.25) is 0 Å². The zero-order valence-corrected chi connectivity index (χ0v) is 8.84. The zero-order chi connectivity index (χ0) is 11.8. The third-order valence-electron chi connectivity index (χ3n) is 2.62. The molecule has 0 aliphatic carbocycles. The highest BCUT2D eigenvalue weighted by molar-refractivity contribution is 5.80. The molecule has 3 nitrogen and oxygen atoms in total. The quantitative estimate of drug-likeness (QED) is 0.695. The summed E-state index contributed by atoms with van der Waals surface area (Å²) in [4.78, 5) is 0. The van der Waals surface area contributed by atoms with Gasteiger partial charge in [-0.15, -0.1) is 0 Å². The fourth-order valence-corrected chi connectivity index (χ4v) is 1.86. The monoisotopic (exact) mass is 228 g/mol. The van der Waals surface area contributed by atoms with Crippen LogP contribution < -0.4 is 0 Å². The molecule has 1 heterocycles. The van der Waals surface area contributed by atoms with Crippen molar-refractivity contribution in [3.05, 3.63) is 54.5 Å². The molecule has 4 heteroatoms. The van der Waals surface area contributed by atoms with Crippen LogP contribution in [0, 0.1) is 5.82 Å². The van der Waals surface area contributed by atoms with Gasteiger partial charge < -0.3 is 5.11 Å². The molecular formula is C13H9FN2O. The topological polar surface area (TPSA) is 38.0 Å². The van der Waals surface area contributed by atoms with Gasteiger partial charge in [0.25, 0.3) is 0 Å². The van der Waals surface area contributed by atoms with Gasteiger partial charge in [-0.05, 0) is 18.2 Å². The number of hydrogen-bond donors (Lipinski definition) is 1. The SMILES string of the molecule is Oc1cccc(-n2ncc3cccc(F)c32)c1. The number of nitrogens with zero attached hydrogens (tertiary/aromatic N) is 2. The van der Waals surface area contributed by atoms with E-state index in [-0.39, 0.29) is 11.6 Å². The van der Waals surface area contributed by atoms with Crippen molar-refractivity contribution >= 4 is 10.9 Å². The predicted octanol–water partition coefficient (Wildman–Crippen LogP) is 2.87. The number of aromatic hydroxyl groups is 1. The highest BCUT2D eigenvalue weighted by Gasteiger charge is 2.09. The Hall–Kier alpha value is -2.36. The van der Waals surface area contributed by atoms with Crippen LogP contribution in [0.1, 0.15) is 0 Å². The van der Waals surface area contributed by atoms with E-state index < -0.39 is 0 Å². The molecule has 17 heavy (non-hydrogen) atoms. The summed E-state index contributed by atoms with van der Waals surface area (Å²) >= 11 is 0. The first-order valence-corrected chi connectivity index (χ1v) is 5.17. The Bertz CT molecular complexity index is 691.